The maximum atomic E-state index is 13.1. The van der Waals surface area contributed by atoms with Gasteiger partial charge < -0.3 is 10.2 Å². The van der Waals surface area contributed by atoms with E-state index in [0.717, 1.165) is 23.4 Å². The molecule has 1 aromatic heterocycles. The van der Waals surface area contributed by atoms with Crippen LogP contribution >= 0.6 is 0 Å². The van der Waals surface area contributed by atoms with Crippen molar-refractivity contribution in [3.8, 4) is 0 Å². The molecule has 2 atom stereocenters. The van der Waals surface area contributed by atoms with Gasteiger partial charge in [0.2, 0.25) is 11.8 Å². The third-order valence-corrected chi connectivity index (χ3v) is 5.56. The molecule has 5 heteroatoms. The van der Waals surface area contributed by atoms with Gasteiger partial charge in [-0.1, -0.05) is 55.5 Å². The lowest BCUT2D eigenvalue weighted by Crippen LogP contribution is -2.36. The van der Waals surface area contributed by atoms with Crippen LogP contribution in [0.4, 0.5) is 5.69 Å². The molecule has 0 saturated carbocycles. The van der Waals surface area contributed by atoms with E-state index in [-0.39, 0.29) is 24.3 Å². The maximum Gasteiger partial charge on any atom is 0.227 e. The summed E-state index contributed by atoms with van der Waals surface area (Å²) in [5.74, 6) is -0.540. The predicted molar refractivity (Wildman–Crippen MR) is 117 cm³/mol. The number of hydrogen-bond donors (Lipinski definition) is 1. The Labute approximate surface area is 176 Å². The second kappa shape index (κ2) is 8.91. The van der Waals surface area contributed by atoms with Crippen molar-refractivity contribution in [2.24, 2.45) is 5.92 Å². The first-order valence-corrected chi connectivity index (χ1v) is 10.3. The first-order chi connectivity index (χ1) is 14.7. The third kappa shape index (κ3) is 4.25. The normalized spacial score (nSPS) is 17.0. The molecule has 0 spiro atoms. The summed E-state index contributed by atoms with van der Waals surface area (Å²) < 4.78 is 0. The topological polar surface area (TPSA) is 62.3 Å². The fraction of sp³-hybridized carbons (Fsp3) is 0.240. The maximum absolute atomic E-state index is 13.1. The molecule has 3 aromatic rings. The molecule has 1 saturated heterocycles. The minimum absolute atomic E-state index is 0.0199. The molecule has 30 heavy (non-hydrogen) atoms. The van der Waals surface area contributed by atoms with E-state index >= 15 is 0 Å². The molecule has 0 aliphatic carbocycles. The average Bonchev–Trinajstić information content (AvgIpc) is 3.20. The lowest BCUT2D eigenvalue weighted by atomic mass is 10.0. The van der Waals surface area contributed by atoms with Crippen LogP contribution in [0.1, 0.15) is 36.2 Å². The molecule has 2 heterocycles. The molecule has 1 aliphatic rings. The van der Waals surface area contributed by atoms with E-state index in [1.54, 1.807) is 11.1 Å². The second-order valence-electron chi connectivity index (χ2n) is 7.53. The Hall–Kier alpha value is -3.47. The molecule has 1 fully saturated rings. The molecule has 2 aromatic carbocycles. The van der Waals surface area contributed by atoms with Crippen LogP contribution in [0.25, 0.3) is 0 Å². The van der Waals surface area contributed by atoms with Gasteiger partial charge >= 0.3 is 0 Å². The lowest BCUT2D eigenvalue weighted by molar-refractivity contribution is -0.126. The number of aromatic nitrogens is 1. The summed E-state index contributed by atoms with van der Waals surface area (Å²) in [5.41, 5.74) is 3.80. The highest BCUT2D eigenvalue weighted by atomic mass is 16.2. The zero-order chi connectivity index (χ0) is 20.9. The SMILES string of the molecule is CCc1ccc(N2CC(C(=O)NC(c3ccccc3)c3ccccn3)CC2=O)cc1. The van der Waals surface area contributed by atoms with E-state index < -0.39 is 5.92 Å². The van der Waals surface area contributed by atoms with E-state index in [2.05, 4.69) is 17.2 Å². The minimum Gasteiger partial charge on any atom is -0.343 e. The summed E-state index contributed by atoms with van der Waals surface area (Å²) in [4.78, 5) is 31.9. The predicted octanol–water partition coefficient (Wildman–Crippen LogP) is 3.90. The second-order valence-corrected chi connectivity index (χ2v) is 7.53. The van der Waals surface area contributed by atoms with E-state index in [0.29, 0.717) is 6.54 Å². The number of carbonyl (C=O) groups excluding carboxylic acids is 2. The highest BCUT2D eigenvalue weighted by molar-refractivity contribution is 6.00. The van der Waals surface area contributed by atoms with Gasteiger partial charge in [-0.3, -0.25) is 14.6 Å². The fourth-order valence-electron chi connectivity index (χ4n) is 3.82. The van der Waals surface area contributed by atoms with Crippen molar-refractivity contribution < 1.29 is 9.59 Å². The van der Waals surface area contributed by atoms with Crippen LogP contribution < -0.4 is 10.2 Å². The number of hydrogen-bond acceptors (Lipinski definition) is 3. The number of nitrogens with zero attached hydrogens (tertiary/aromatic N) is 2. The molecular weight excluding hydrogens is 374 g/mol. The summed E-state index contributed by atoms with van der Waals surface area (Å²) >= 11 is 0. The monoisotopic (exact) mass is 399 g/mol. The van der Waals surface area contributed by atoms with Crippen LogP contribution in [0.3, 0.4) is 0 Å². The van der Waals surface area contributed by atoms with Gasteiger partial charge in [0.15, 0.2) is 0 Å². The first kappa shape index (κ1) is 19.8. The standard InChI is InChI=1S/C25H25N3O2/c1-2-18-11-13-21(14-12-18)28-17-20(16-23(28)29)25(30)27-24(19-8-4-3-5-9-19)22-10-6-7-15-26-22/h3-15,20,24H,2,16-17H2,1H3,(H,27,30). The van der Waals surface area contributed by atoms with E-state index in [1.165, 1.54) is 5.56 Å². The summed E-state index contributed by atoms with van der Waals surface area (Å²) in [7, 11) is 0. The van der Waals surface area contributed by atoms with Gasteiger partial charge in [-0.15, -0.1) is 0 Å². The molecule has 152 valence electrons. The summed E-state index contributed by atoms with van der Waals surface area (Å²) in [6, 6.07) is 23.1. The van der Waals surface area contributed by atoms with Crippen molar-refractivity contribution in [3.05, 3.63) is 95.8 Å². The Balaban J connectivity index is 1.51. The number of benzene rings is 2. The van der Waals surface area contributed by atoms with Crippen LogP contribution in [0.2, 0.25) is 0 Å². The van der Waals surface area contributed by atoms with Crippen LogP contribution in [-0.2, 0) is 16.0 Å². The van der Waals surface area contributed by atoms with E-state index in [4.69, 9.17) is 0 Å². The fourth-order valence-corrected chi connectivity index (χ4v) is 3.82. The van der Waals surface area contributed by atoms with Gasteiger partial charge in [0, 0.05) is 24.8 Å². The average molecular weight is 399 g/mol. The van der Waals surface area contributed by atoms with Gasteiger partial charge in [-0.05, 0) is 41.8 Å². The summed E-state index contributed by atoms with van der Waals surface area (Å²) in [6.45, 7) is 2.49. The number of nitrogens with one attached hydrogen (secondary N) is 1. The van der Waals surface area contributed by atoms with Gasteiger partial charge in [0.05, 0.1) is 17.7 Å². The molecule has 1 aliphatic heterocycles. The zero-order valence-corrected chi connectivity index (χ0v) is 17.0. The van der Waals surface area contributed by atoms with Crippen LogP contribution in [0.5, 0.6) is 0 Å². The van der Waals surface area contributed by atoms with Crippen LogP contribution in [0, 0.1) is 5.92 Å². The number of aryl methyl sites for hydroxylation is 1. The number of amides is 2. The van der Waals surface area contributed by atoms with Crippen molar-refractivity contribution >= 4 is 17.5 Å². The van der Waals surface area contributed by atoms with Gasteiger partial charge in [0.25, 0.3) is 0 Å². The van der Waals surface area contributed by atoms with Crippen LogP contribution in [0.15, 0.2) is 79.0 Å². The van der Waals surface area contributed by atoms with Crippen molar-refractivity contribution in [3.63, 3.8) is 0 Å². The number of pyridine rings is 1. The highest BCUT2D eigenvalue weighted by Gasteiger charge is 2.36. The minimum atomic E-state index is -0.390. The van der Waals surface area contributed by atoms with Crippen molar-refractivity contribution in [2.45, 2.75) is 25.8 Å². The van der Waals surface area contributed by atoms with Gasteiger partial charge in [-0.25, -0.2) is 0 Å². The number of rotatable bonds is 6. The number of anilines is 1. The molecule has 4 rings (SSSR count). The highest BCUT2D eigenvalue weighted by Crippen LogP contribution is 2.27. The Morgan fingerprint density at radius 3 is 2.47 bits per heavy atom. The Morgan fingerprint density at radius 2 is 1.80 bits per heavy atom. The van der Waals surface area contributed by atoms with Crippen molar-refractivity contribution in [1.29, 1.82) is 0 Å². The third-order valence-electron chi connectivity index (χ3n) is 5.56. The zero-order valence-electron chi connectivity index (χ0n) is 17.0. The number of carbonyl (C=O) groups is 2. The quantitative estimate of drug-likeness (QED) is 0.684. The van der Waals surface area contributed by atoms with Crippen LogP contribution in [-0.4, -0.2) is 23.3 Å². The Bertz CT molecular complexity index is 964. The molecule has 2 unspecified atom stereocenters. The van der Waals surface area contributed by atoms with E-state index in [9.17, 15) is 9.59 Å². The smallest absolute Gasteiger partial charge is 0.227 e. The van der Waals surface area contributed by atoms with Crippen molar-refractivity contribution in [1.82, 2.24) is 10.3 Å². The molecular formula is C25H25N3O2. The molecule has 0 radical (unpaired) electrons. The van der Waals surface area contributed by atoms with Crippen molar-refractivity contribution in [2.75, 3.05) is 11.4 Å². The molecule has 5 nitrogen and oxygen atoms in total. The first-order valence-electron chi connectivity index (χ1n) is 10.3. The molecule has 2 amide bonds. The largest absolute Gasteiger partial charge is 0.343 e. The van der Waals surface area contributed by atoms with Gasteiger partial charge in [0.1, 0.15) is 0 Å². The summed E-state index contributed by atoms with van der Waals surface area (Å²) in [6.07, 6.45) is 2.89. The van der Waals surface area contributed by atoms with Gasteiger partial charge in [-0.2, -0.15) is 0 Å². The van der Waals surface area contributed by atoms with E-state index in [1.807, 2.05) is 72.8 Å². The molecule has 0 bridgehead atoms. The Kier molecular flexibility index (Phi) is 5.89. The molecule has 1 N–H and O–H groups in total. The summed E-state index contributed by atoms with van der Waals surface area (Å²) in [5, 5.41) is 3.12. The Morgan fingerprint density at radius 1 is 1.07 bits per heavy atom. The lowest BCUT2D eigenvalue weighted by Gasteiger charge is -2.21.